The van der Waals surface area contributed by atoms with E-state index in [1.165, 1.54) is 13.3 Å². The van der Waals surface area contributed by atoms with Crippen molar-refractivity contribution in [2.45, 2.75) is 18.5 Å². The van der Waals surface area contributed by atoms with E-state index in [0.29, 0.717) is 11.7 Å². The molecule has 2 heterocycles. The molecule has 0 saturated heterocycles. The smallest absolute Gasteiger partial charge is 0.257 e. The molecule has 0 amide bonds. The predicted molar refractivity (Wildman–Crippen MR) is 68.1 cm³/mol. The Morgan fingerprint density at radius 3 is 2.63 bits per heavy atom. The SMILES string of the molecule is COc1ccc(CNS(=O)(=O)c2cnc(C)[nH]2)cn1. The Kier molecular flexibility index (Phi) is 3.82. The molecular formula is C11H14N4O3S. The van der Waals surface area contributed by atoms with Gasteiger partial charge in [0.05, 0.1) is 13.3 Å². The molecular weight excluding hydrogens is 268 g/mol. The second-order valence-electron chi connectivity index (χ2n) is 3.87. The van der Waals surface area contributed by atoms with E-state index in [1.807, 2.05) is 0 Å². The van der Waals surface area contributed by atoms with E-state index < -0.39 is 10.0 Å². The number of pyridine rings is 1. The molecule has 2 aromatic rings. The van der Waals surface area contributed by atoms with Gasteiger partial charge in [-0.25, -0.2) is 23.1 Å². The highest BCUT2D eigenvalue weighted by atomic mass is 32.2. The molecule has 0 unspecified atom stereocenters. The number of H-pyrrole nitrogens is 1. The number of rotatable bonds is 5. The first-order valence-electron chi connectivity index (χ1n) is 5.51. The van der Waals surface area contributed by atoms with Crippen LogP contribution in [0.5, 0.6) is 5.88 Å². The lowest BCUT2D eigenvalue weighted by Gasteiger charge is -2.05. The summed E-state index contributed by atoms with van der Waals surface area (Å²) in [6.45, 7) is 1.84. The van der Waals surface area contributed by atoms with Gasteiger partial charge in [-0.15, -0.1) is 0 Å². The Morgan fingerprint density at radius 2 is 2.11 bits per heavy atom. The maximum atomic E-state index is 11.9. The molecule has 2 aromatic heterocycles. The number of hydrogen-bond donors (Lipinski definition) is 2. The highest BCUT2D eigenvalue weighted by Crippen LogP contribution is 2.09. The molecule has 0 atom stereocenters. The van der Waals surface area contributed by atoms with Gasteiger partial charge in [0.1, 0.15) is 5.82 Å². The molecule has 2 N–H and O–H groups in total. The largest absolute Gasteiger partial charge is 0.481 e. The zero-order chi connectivity index (χ0) is 13.9. The van der Waals surface area contributed by atoms with Crippen LogP contribution in [0, 0.1) is 6.92 Å². The maximum Gasteiger partial charge on any atom is 0.257 e. The van der Waals surface area contributed by atoms with Crippen molar-refractivity contribution in [1.82, 2.24) is 19.7 Å². The molecule has 0 saturated carbocycles. The number of ether oxygens (including phenoxy) is 1. The zero-order valence-electron chi connectivity index (χ0n) is 10.5. The number of aryl methyl sites for hydroxylation is 1. The summed E-state index contributed by atoms with van der Waals surface area (Å²) in [6.07, 6.45) is 2.84. The van der Waals surface area contributed by atoms with E-state index in [-0.39, 0.29) is 11.6 Å². The van der Waals surface area contributed by atoms with Gasteiger partial charge in [-0.05, 0) is 12.5 Å². The van der Waals surface area contributed by atoms with Gasteiger partial charge in [-0.2, -0.15) is 0 Å². The van der Waals surface area contributed by atoms with Crippen molar-refractivity contribution in [3.05, 3.63) is 35.9 Å². The van der Waals surface area contributed by atoms with Crippen LogP contribution < -0.4 is 9.46 Å². The van der Waals surface area contributed by atoms with Gasteiger partial charge in [0, 0.05) is 18.8 Å². The summed E-state index contributed by atoms with van der Waals surface area (Å²) in [5.74, 6) is 1.03. The van der Waals surface area contributed by atoms with Gasteiger partial charge in [0.2, 0.25) is 5.88 Å². The molecule has 102 valence electrons. The van der Waals surface area contributed by atoms with Crippen LogP contribution in [0.4, 0.5) is 0 Å². The number of nitrogens with one attached hydrogen (secondary N) is 2. The lowest BCUT2D eigenvalue weighted by molar-refractivity contribution is 0.397. The van der Waals surface area contributed by atoms with Crippen LogP contribution in [-0.4, -0.2) is 30.5 Å². The summed E-state index contributed by atoms with van der Waals surface area (Å²) in [4.78, 5) is 10.5. The Balaban J connectivity index is 2.05. The van der Waals surface area contributed by atoms with Crippen LogP contribution in [-0.2, 0) is 16.6 Å². The number of aromatic nitrogens is 3. The Hall–Kier alpha value is -1.93. The molecule has 0 aromatic carbocycles. The fraction of sp³-hybridized carbons (Fsp3) is 0.273. The van der Waals surface area contributed by atoms with Crippen molar-refractivity contribution in [3.63, 3.8) is 0 Å². The minimum absolute atomic E-state index is 0.0477. The topological polar surface area (TPSA) is 97.0 Å². The first kappa shape index (κ1) is 13.5. The molecule has 2 rings (SSSR count). The minimum Gasteiger partial charge on any atom is -0.481 e. The summed E-state index contributed by atoms with van der Waals surface area (Å²) in [5, 5.41) is 0.0477. The lowest BCUT2D eigenvalue weighted by atomic mass is 10.3. The monoisotopic (exact) mass is 282 g/mol. The maximum absolute atomic E-state index is 11.9. The summed E-state index contributed by atoms with van der Waals surface area (Å²) in [5.41, 5.74) is 0.737. The van der Waals surface area contributed by atoms with Crippen molar-refractivity contribution >= 4 is 10.0 Å². The number of sulfonamides is 1. The predicted octanol–water partition coefficient (Wildman–Crippen LogP) is 0.600. The van der Waals surface area contributed by atoms with Gasteiger partial charge in [-0.3, -0.25) is 0 Å². The molecule has 0 aliphatic heterocycles. The fourth-order valence-electron chi connectivity index (χ4n) is 1.43. The molecule has 19 heavy (non-hydrogen) atoms. The second kappa shape index (κ2) is 5.37. The van der Waals surface area contributed by atoms with E-state index >= 15 is 0 Å². The van der Waals surface area contributed by atoms with Crippen LogP contribution in [0.1, 0.15) is 11.4 Å². The standard InChI is InChI=1S/C11H14N4O3S/c1-8-12-7-11(15-8)19(16,17)14-6-9-3-4-10(18-2)13-5-9/h3-5,7,14H,6H2,1-2H3,(H,12,15). The average Bonchev–Trinajstić information content (AvgIpc) is 2.85. The van der Waals surface area contributed by atoms with Crippen LogP contribution in [0.2, 0.25) is 0 Å². The van der Waals surface area contributed by atoms with Crippen molar-refractivity contribution in [2.24, 2.45) is 0 Å². The van der Waals surface area contributed by atoms with Crippen LogP contribution in [0.25, 0.3) is 0 Å². The third-order valence-electron chi connectivity index (χ3n) is 2.44. The van der Waals surface area contributed by atoms with Crippen LogP contribution in [0.3, 0.4) is 0 Å². The Labute approximate surface area is 111 Å². The Bertz CT molecular complexity index is 649. The molecule has 0 aliphatic carbocycles. The number of methoxy groups -OCH3 is 1. The summed E-state index contributed by atoms with van der Waals surface area (Å²) >= 11 is 0. The van der Waals surface area contributed by atoms with Gasteiger partial charge in [-0.1, -0.05) is 6.07 Å². The van der Waals surface area contributed by atoms with Crippen molar-refractivity contribution in [1.29, 1.82) is 0 Å². The van der Waals surface area contributed by atoms with Crippen molar-refractivity contribution in [3.8, 4) is 5.88 Å². The lowest BCUT2D eigenvalue weighted by Crippen LogP contribution is -2.23. The van der Waals surface area contributed by atoms with Crippen LogP contribution >= 0.6 is 0 Å². The molecule has 0 aliphatic rings. The van der Waals surface area contributed by atoms with E-state index in [0.717, 1.165) is 5.56 Å². The normalized spacial score (nSPS) is 11.5. The molecule has 0 spiro atoms. The molecule has 8 heteroatoms. The van der Waals surface area contributed by atoms with E-state index in [2.05, 4.69) is 19.7 Å². The first-order chi connectivity index (χ1) is 9.01. The highest BCUT2D eigenvalue weighted by molar-refractivity contribution is 7.89. The quantitative estimate of drug-likeness (QED) is 0.837. The number of imidazole rings is 1. The zero-order valence-corrected chi connectivity index (χ0v) is 11.4. The van der Waals surface area contributed by atoms with Crippen molar-refractivity contribution < 1.29 is 13.2 Å². The second-order valence-corrected chi connectivity index (χ2v) is 5.60. The molecule has 0 fully saturated rings. The molecule has 0 radical (unpaired) electrons. The number of nitrogens with zero attached hydrogens (tertiary/aromatic N) is 2. The van der Waals surface area contributed by atoms with Crippen molar-refractivity contribution in [2.75, 3.05) is 7.11 Å². The number of hydrogen-bond acceptors (Lipinski definition) is 5. The summed E-state index contributed by atoms with van der Waals surface area (Å²) in [7, 11) is -2.06. The third kappa shape index (κ3) is 3.30. The van der Waals surface area contributed by atoms with E-state index in [9.17, 15) is 8.42 Å². The molecule has 0 bridgehead atoms. The van der Waals surface area contributed by atoms with Gasteiger partial charge in [0.25, 0.3) is 10.0 Å². The highest BCUT2D eigenvalue weighted by Gasteiger charge is 2.15. The van der Waals surface area contributed by atoms with Gasteiger partial charge < -0.3 is 9.72 Å². The van der Waals surface area contributed by atoms with Gasteiger partial charge in [0.15, 0.2) is 5.03 Å². The Morgan fingerprint density at radius 1 is 1.32 bits per heavy atom. The first-order valence-corrected chi connectivity index (χ1v) is 7.00. The average molecular weight is 282 g/mol. The summed E-state index contributed by atoms with van der Waals surface area (Å²) in [6, 6.07) is 3.41. The van der Waals surface area contributed by atoms with E-state index in [4.69, 9.17) is 4.74 Å². The number of aromatic amines is 1. The van der Waals surface area contributed by atoms with E-state index in [1.54, 1.807) is 25.3 Å². The van der Waals surface area contributed by atoms with Crippen LogP contribution in [0.15, 0.2) is 29.6 Å². The minimum atomic E-state index is -3.58. The summed E-state index contributed by atoms with van der Waals surface area (Å²) < 4.78 is 31.2. The fourth-order valence-corrected chi connectivity index (χ4v) is 2.41. The molecule has 7 nitrogen and oxygen atoms in total. The third-order valence-corrected chi connectivity index (χ3v) is 3.75. The van der Waals surface area contributed by atoms with Gasteiger partial charge >= 0.3 is 0 Å².